The van der Waals surface area contributed by atoms with Crippen LogP contribution >= 0.6 is 0 Å². The fourth-order valence-corrected chi connectivity index (χ4v) is 14.6. The Balaban J connectivity index is 1.11. The second kappa shape index (κ2) is 18.2. The maximum Gasteiger partial charge on any atom is 0.252 e. The van der Waals surface area contributed by atoms with Gasteiger partial charge in [-0.3, -0.25) is 0 Å². The van der Waals surface area contributed by atoms with E-state index in [4.69, 9.17) is 0 Å². The van der Waals surface area contributed by atoms with E-state index in [0.717, 1.165) is 5.69 Å². The summed E-state index contributed by atoms with van der Waals surface area (Å²) in [6.07, 6.45) is 0. The zero-order valence-electron chi connectivity index (χ0n) is 52.0. The third kappa shape index (κ3) is 8.21. The highest BCUT2D eigenvalue weighted by Crippen LogP contribution is 2.55. The van der Waals surface area contributed by atoms with Crippen molar-refractivity contribution < 1.29 is 0 Å². The van der Waals surface area contributed by atoms with Crippen molar-refractivity contribution in [2.75, 3.05) is 9.80 Å². The lowest BCUT2D eigenvalue weighted by molar-refractivity contribution is 0.568. The van der Waals surface area contributed by atoms with Gasteiger partial charge in [-0.1, -0.05) is 224 Å². The average Bonchev–Trinajstić information content (AvgIpc) is 1.58. The largest absolute Gasteiger partial charge is 0.311 e. The molecule has 418 valence electrons. The highest BCUT2D eigenvalue weighted by atomic mass is 15.2. The van der Waals surface area contributed by atoms with Crippen LogP contribution < -0.4 is 26.2 Å². The molecule has 3 nitrogen and oxygen atoms in total. The Kier molecular flexibility index (Phi) is 11.4. The molecular weight excluding hydrogens is 1030 g/mol. The normalized spacial score (nSPS) is 14.5. The summed E-state index contributed by atoms with van der Waals surface area (Å²) in [7, 11) is 0. The molecule has 0 atom stereocenters. The van der Waals surface area contributed by atoms with Crippen LogP contribution in [-0.4, -0.2) is 11.3 Å². The van der Waals surface area contributed by atoms with Crippen LogP contribution in [0.4, 0.5) is 34.1 Å². The Hall–Kier alpha value is -8.60. The van der Waals surface area contributed by atoms with Gasteiger partial charge in [0.1, 0.15) is 0 Å². The SMILES string of the molecule is CC(C)(C)c1cc(N2c3cc4ccccc4cc3B3c4cc5ccccc5cc4N(c4cc(C(C)(C)C)cc(C(C)(C)C)c4)c4cc(-c5ccc6c(c5)c5c7c(ccc5n6-c5ccccc5)C(C)(C)c5ccccc5-7)cc2c43)cc(C(C)(C)C)c1. The van der Waals surface area contributed by atoms with E-state index >= 15 is 0 Å². The Labute approximate surface area is 503 Å². The van der Waals surface area contributed by atoms with Gasteiger partial charge in [-0.05, 0) is 194 Å². The molecule has 3 heterocycles. The van der Waals surface area contributed by atoms with Crippen LogP contribution in [0, 0.1) is 0 Å². The smallest absolute Gasteiger partial charge is 0.252 e. The Bertz CT molecular complexity index is 4540. The molecule has 1 aliphatic carbocycles. The first-order valence-corrected chi connectivity index (χ1v) is 30.8. The van der Waals surface area contributed by atoms with E-state index in [2.05, 4.69) is 318 Å². The number of hydrogen-bond donors (Lipinski definition) is 0. The Morgan fingerprint density at radius 2 is 0.800 bits per heavy atom. The highest BCUT2D eigenvalue weighted by molar-refractivity contribution is 7.00. The number of hydrogen-bond acceptors (Lipinski definition) is 2. The highest BCUT2D eigenvalue weighted by Gasteiger charge is 2.45. The third-order valence-corrected chi connectivity index (χ3v) is 19.4. The van der Waals surface area contributed by atoms with Gasteiger partial charge in [0, 0.05) is 56.0 Å². The topological polar surface area (TPSA) is 11.4 Å². The number of benzene rings is 11. The van der Waals surface area contributed by atoms with Gasteiger partial charge < -0.3 is 14.4 Å². The average molecular weight is 1100 g/mol. The van der Waals surface area contributed by atoms with Crippen molar-refractivity contribution >= 4 is 101 Å². The predicted octanol–water partition coefficient (Wildman–Crippen LogP) is 20.3. The first-order chi connectivity index (χ1) is 40.4. The van der Waals surface area contributed by atoms with Crippen LogP contribution in [0.1, 0.15) is 130 Å². The molecule has 0 spiro atoms. The van der Waals surface area contributed by atoms with E-state index in [1.807, 2.05) is 0 Å². The van der Waals surface area contributed by atoms with Crippen molar-refractivity contribution in [2.45, 2.75) is 124 Å². The second-order valence-electron chi connectivity index (χ2n) is 29.5. The van der Waals surface area contributed by atoms with Crippen molar-refractivity contribution in [3.63, 3.8) is 0 Å². The molecule has 85 heavy (non-hydrogen) atoms. The van der Waals surface area contributed by atoms with Gasteiger partial charge in [-0.15, -0.1) is 0 Å². The Morgan fingerprint density at radius 1 is 0.353 bits per heavy atom. The number of rotatable bonds is 4. The van der Waals surface area contributed by atoms with Crippen LogP contribution in [0.3, 0.4) is 0 Å². The molecule has 0 saturated carbocycles. The fourth-order valence-electron chi connectivity index (χ4n) is 14.6. The van der Waals surface area contributed by atoms with Gasteiger partial charge in [0.15, 0.2) is 0 Å². The minimum absolute atomic E-state index is 0.0797. The summed E-state index contributed by atoms with van der Waals surface area (Å²) in [5.41, 5.74) is 27.3. The van der Waals surface area contributed by atoms with E-state index in [1.165, 1.54) is 149 Å². The maximum absolute atomic E-state index is 2.67. The van der Waals surface area contributed by atoms with Gasteiger partial charge in [0.25, 0.3) is 6.71 Å². The minimum atomic E-state index is -0.152. The molecule has 0 N–H and O–H groups in total. The predicted molar refractivity (Wildman–Crippen MR) is 368 cm³/mol. The van der Waals surface area contributed by atoms with Crippen LogP contribution in [0.25, 0.3) is 71.3 Å². The monoisotopic (exact) mass is 1100 g/mol. The van der Waals surface area contributed by atoms with Crippen molar-refractivity contribution in [2.24, 2.45) is 0 Å². The maximum atomic E-state index is 2.67. The quantitative estimate of drug-likeness (QED) is 0.163. The van der Waals surface area contributed by atoms with Gasteiger partial charge in [0.05, 0.1) is 11.0 Å². The van der Waals surface area contributed by atoms with Gasteiger partial charge >= 0.3 is 0 Å². The molecule has 12 aromatic rings. The van der Waals surface area contributed by atoms with Crippen LogP contribution in [0.5, 0.6) is 0 Å². The summed E-state index contributed by atoms with van der Waals surface area (Å²) in [5.74, 6) is 0. The van der Waals surface area contributed by atoms with Crippen molar-refractivity contribution in [1.82, 2.24) is 4.57 Å². The molecule has 11 aromatic carbocycles. The molecule has 0 amide bonds. The van der Waals surface area contributed by atoms with Crippen LogP contribution in [0.2, 0.25) is 0 Å². The van der Waals surface area contributed by atoms with E-state index in [1.54, 1.807) is 0 Å². The molecular formula is C81H76BN3. The summed E-state index contributed by atoms with van der Waals surface area (Å²) in [6, 6.07) is 80.4. The van der Waals surface area contributed by atoms with Crippen LogP contribution in [0.15, 0.2) is 206 Å². The summed E-state index contributed by atoms with van der Waals surface area (Å²) >= 11 is 0. The summed E-state index contributed by atoms with van der Waals surface area (Å²) in [6.45, 7) is 33.1. The number of anilines is 6. The standard InChI is InChI=1S/C81H76BN3/c1-77(2,3)55-43-56(78(4,5)6)46-60(45-55)84-70-39-51-26-20-18-24-49(51)37-66(70)82-67-38-50-25-19-21-27-52(50)40-71(67)85(61-47-57(79(7,8)9)44-58(48-61)80(10,11)12)73-42-54(41-72(84)76(73)82)53-32-34-68-63(36-53)75-69(83(68)59-28-16-15-17-29-59)35-33-65-74(75)62-30-22-23-31-64(62)81(65,13)14/h15-48H,1-14H3. The number of aromatic nitrogens is 1. The van der Waals surface area contributed by atoms with E-state index in [0.29, 0.717) is 0 Å². The zero-order chi connectivity index (χ0) is 59.0. The molecule has 0 bridgehead atoms. The second-order valence-corrected chi connectivity index (χ2v) is 29.5. The van der Waals surface area contributed by atoms with Crippen molar-refractivity contribution in [3.8, 4) is 27.9 Å². The zero-order valence-corrected chi connectivity index (χ0v) is 52.0. The number of para-hydroxylation sites is 1. The molecule has 0 unspecified atom stereocenters. The molecule has 15 rings (SSSR count). The molecule has 0 saturated heterocycles. The Morgan fingerprint density at radius 3 is 1.29 bits per heavy atom. The summed E-state index contributed by atoms with van der Waals surface area (Å²) < 4.78 is 2.50. The van der Waals surface area contributed by atoms with Crippen molar-refractivity contribution in [1.29, 1.82) is 0 Å². The first-order valence-electron chi connectivity index (χ1n) is 30.8. The molecule has 4 heteroatoms. The molecule has 0 radical (unpaired) electrons. The minimum Gasteiger partial charge on any atom is -0.311 e. The summed E-state index contributed by atoms with van der Waals surface area (Å²) in [4.78, 5) is 5.35. The third-order valence-electron chi connectivity index (χ3n) is 19.4. The number of nitrogens with zero attached hydrogens (tertiary/aromatic N) is 3. The van der Waals surface area contributed by atoms with Crippen molar-refractivity contribution in [3.05, 3.63) is 240 Å². The van der Waals surface area contributed by atoms with Gasteiger partial charge in [0.2, 0.25) is 0 Å². The molecule has 1 aromatic heterocycles. The first kappa shape index (κ1) is 53.2. The molecule has 2 aliphatic heterocycles. The lowest BCUT2D eigenvalue weighted by atomic mass is 9.33. The molecule has 0 fully saturated rings. The van der Waals surface area contributed by atoms with E-state index in [9.17, 15) is 0 Å². The molecule has 3 aliphatic rings. The lowest BCUT2D eigenvalue weighted by Gasteiger charge is -2.45. The fraction of sp³-hybridized carbons (Fsp3) is 0.235. The summed E-state index contributed by atoms with van der Waals surface area (Å²) in [5, 5.41) is 7.53. The van der Waals surface area contributed by atoms with E-state index in [-0.39, 0.29) is 33.8 Å². The van der Waals surface area contributed by atoms with E-state index < -0.39 is 0 Å². The van der Waals surface area contributed by atoms with Crippen LogP contribution in [-0.2, 0) is 27.1 Å². The number of fused-ring (bicyclic) bond motifs is 13. The lowest BCUT2D eigenvalue weighted by Crippen LogP contribution is -2.61. The van der Waals surface area contributed by atoms with Gasteiger partial charge in [-0.2, -0.15) is 0 Å². The van der Waals surface area contributed by atoms with Gasteiger partial charge in [-0.25, -0.2) is 0 Å².